The van der Waals surface area contributed by atoms with E-state index in [9.17, 15) is 10.1 Å². The van der Waals surface area contributed by atoms with Crippen molar-refractivity contribution in [3.05, 3.63) is 70.2 Å². The van der Waals surface area contributed by atoms with E-state index >= 15 is 0 Å². The molecule has 0 saturated carbocycles. The van der Waals surface area contributed by atoms with Gasteiger partial charge in [0.2, 0.25) is 0 Å². The van der Waals surface area contributed by atoms with Crippen LogP contribution in [0.4, 0.5) is 5.69 Å². The Morgan fingerprint density at radius 2 is 1.76 bits per heavy atom. The highest BCUT2D eigenvalue weighted by atomic mass is 16.5. The van der Waals surface area contributed by atoms with Gasteiger partial charge in [-0.05, 0) is 31.0 Å². The van der Waals surface area contributed by atoms with Crippen LogP contribution in [0, 0.1) is 11.3 Å². The quantitative estimate of drug-likeness (QED) is 0.745. The molecule has 2 N–H and O–H groups in total. The van der Waals surface area contributed by atoms with E-state index in [1.165, 1.54) is 0 Å². The molecule has 2 aliphatic heterocycles. The first-order valence-electron chi connectivity index (χ1n) is 11.0. The van der Waals surface area contributed by atoms with Gasteiger partial charge in [0, 0.05) is 34.9 Å². The minimum absolute atomic E-state index is 0.00916. The lowest BCUT2D eigenvalue weighted by molar-refractivity contribution is -0.116. The number of ketones is 1. The molecule has 0 amide bonds. The summed E-state index contributed by atoms with van der Waals surface area (Å²) in [5.74, 6) is 1.57. The monoisotopic (exact) mass is 456 g/mol. The maximum atomic E-state index is 13.4. The lowest BCUT2D eigenvalue weighted by Gasteiger charge is -2.42. The fourth-order valence-electron chi connectivity index (χ4n) is 5.06. The average molecular weight is 457 g/mol. The highest BCUT2D eigenvalue weighted by Gasteiger charge is 2.44. The van der Waals surface area contributed by atoms with Crippen LogP contribution in [0.25, 0.3) is 0 Å². The summed E-state index contributed by atoms with van der Waals surface area (Å²) in [6, 6.07) is 13.5. The van der Waals surface area contributed by atoms with Crippen molar-refractivity contribution >= 4 is 17.3 Å². The molecule has 3 aliphatic rings. The number of nitriles is 1. The smallest absolute Gasteiger partial charge is 0.164 e. The molecule has 172 valence electrons. The Labute approximate surface area is 197 Å². The molecule has 2 heterocycles. The summed E-state index contributed by atoms with van der Waals surface area (Å²) in [6.07, 6.45) is 1.82. The first-order chi connectivity index (χ1) is 16.5. The van der Waals surface area contributed by atoms with Gasteiger partial charge in [-0.15, -0.1) is 0 Å². The summed E-state index contributed by atoms with van der Waals surface area (Å²) in [4.78, 5) is 20.0. The third-order valence-electron chi connectivity index (χ3n) is 6.54. The van der Waals surface area contributed by atoms with Gasteiger partial charge < -0.3 is 19.9 Å². The van der Waals surface area contributed by atoms with Crippen molar-refractivity contribution in [1.82, 2.24) is 0 Å². The van der Waals surface area contributed by atoms with Crippen molar-refractivity contribution in [3.63, 3.8) is 0 Å². The first kappa shape index (κ1) is 21.6. The second-order valence-corrected chi connectivity index (χ2v) is 8.22. The topological polar surface area (TPSA) is 110 Å². The largest absolute Gasteiger partial charge is 0.496 e. The van der Waals surface area contributed by atoms with Crippen LogP contribution >= 0.6 is 0 Å². The lowest BCUT2D eigenvalue weighted by atomic mass is 9.75. The number of hydrogen-bond donors (Lipinski definition) is 1. The fraction of sp³-hybridized carbons (Fsp3) is 0.269. The maximum absolute atomic E-state index is 13.4. The first-order valence-corrected chi connectivity index (χ1v) is 11.0. The molecule has 0 bridgehead atoms. The van der Waals surface area contributed by atoms with Gasteiger partial charge in [0.25, 0.3) is 0 Å². The Hall–Kier alpha value is -4.25. The lowest BCUT2D eigenvalue weighted by Crippen LogP contribution is -2.39. The van der Waals surface area contributed by atoms with Crippen LogP contribution in [0.5, 0.6) is 17.2 Å². The van der Waals surface area contributed by atoms with Gasteiger partial charge in [-0.1, -0.05) is 12.1 Å². The number of nitrogens with zero attached hydrogens (tertiary/aromatic N) is 3. The highest BCUT2D eigenvalue weighted by Crippen LogP contribution is 2.52. The molecule has 1 atom stereocenters. The number of amidine groups is 1. The number of carbonyl (C=O) groups excluding carboxylic acids is 1. The van der Waals surface area contributed by atoms with E-state index < -0.39 is 5.92 Å². The van der Waals surface area contributed by atoms with Crippen LogP contribution in [0.1, 0.15) is 36.3 Å². The zero-order chi connectivity index (χ0) is 24.0. The molecule has 5 rings (SSSR count). The molecular formula is C26H24N4O4. The van der Waals surface area contributed by atoms with Crippen molar-refractivity contribution in [2.75, 3.05) is 26.2 Å². The van der Waals surface area contributed by atoms with Crippen LogP contribution in [0.3, 0.4) is 0 Å². The minimum atomic E-state index is -0.671. The summed E-state index contributed by atoms with van der Waals surface area (Å²) in [5.41, 5.74) is 10.3. The molecule has 2 aromatic rings. The van der Waals surface area contributed by atoms with Gasteiger partial charge >= 0.3 is 0 Å². The Balaban J connectivity index is 1.85. The number of anilines is 1. The number of fused-ring (bicyclic) bond motifs is 4. The Bertz CT molecular complexity index is 1350. The number of Topliss-reactive ketones (excluding diaryl/α,β-unsaturated/α-hetero) is 1. The molecule has 0 spiro atoms. The van der Waals surface area contributed by atoms with Gasteiger partial charge in [-0.25, -0.2) is 4.99 Å². The maximum Gasteiger partial charge on any atom is 0.164 e. The van der Waals surface area contributed by atoms with Gasteiger partial charge in [-0.2, -0.15) is 5.26 Å². The summed E-state index contributed by atoms with van der Waals surface area (Å²) < 4.78 is 16.7. The molecule has 8 heteroatoms. The average Bonchev–Trinajstić information content (AvgIpc) is 2.87. The van der Waals surface area contributed by atoms with Crippen molar-refractivity contribution in [2.24, 2.45) is 10.7 Å². The van der Waals surface area contributed by atoms with E-state index in [-0.39, 0.29) is 5.78 Å². The van der Waals surface area contributed by atoms with Crippen LogP contribution in [0.2, 0.25) is 0 Å². The fourth-order valence-corrected chi connectivity index (χ4v) is 5.06. The zero-order valence-corrected chi connectivity index (χ0v) is 19.2. The Morgan fingerprint density at radius 3 is 2.47 bits per heavy atom. The molecule has 34 heavy (non-hydrogen) atoms. The van der Waals surface area contributed by atoms with E-state index in [1.54, 1.807) is 33.5 Å². The predicted molar refractivity (Wildman–Crippen MR) is 127 cm³/mol. The number of allylic oxidation sites excluding steroid dienone is 3. The third-order valence-corrected chi connectivity index (χ3v) is 6.54. The molecule has 1 unspecified atom stereocenters. The summed E-state index contributed by atoms with van der Waals surface area (Å²) in [7, 11) is 4.63. The van der Waals surface area contributed by atoms with Crippen molar-refractivity contribution < 1.29 is 19.0 Å². The van der Waals surface area contributed by atoms with Crippen LogP contribution in [-0.2, 0) is 4.79 Å². The number of rotatable bonds is 4. The summed E-state index contributed by atoms with van der Waals surface area (Å²) >= 11 is 0. The van der Waals surface area contributed by atoms with Crippen LogP contribution in [0.15, 0.2) is 64.1 Å². The van der Waals surface area contributed by atoms with Gasteiger partial charge in [0.05, 0.1) is 44.6 Å². The second-order valence-electron chi connectivity index (χ2n) is 8.22. The summed E-state index contributed by atoms with van der Waals surface area (Å²) in [6.45, 7) is 0. The Kier molecular flexibility index (Phi) is 5.25. The Morgan fingerprint density at radius 1 is 1.06 bits per heavy atom. The van der Waals surface area contributed by atoms with E-state index in [4.69, 9.17) is 19.9 Å². The van der Waals surface area contributed by atoms with Crippen LogP contribution < -0.4 is 24.8 Å². The zero-order valence-electron chi connectivity index (χ0n) is 19.2. The molecule has 2 aromatic carbocycles. The third kappa shape index (κ3) is 3.05. The SMILES string of the molecule is COc1cc(OC)c(C2C(C#N)=C3N=C(N)c4ccccc4N3C3=C2C(=O)CCC3)cc1OC. The van der Waals surface area contributed by atoms with E-state index in [0.29, 0.717) is 58.5 Å². The number of methoxy groups -OCH3 is 3. The predicted octanol–water partition coefficient (Wildman–Crippen LogP) is 3.78. The number of ether oxygens (including phenoxy) is 3. The highest BCUT2D eigenvalue weighted by molar-refractivity contribution is 6.08. The normalized spacial score (nSPS) is 19.0. The van der Waals surface area contributed by atoms with Gasteiger partial charge in [0.1, 0.15) is 11.6 Å². The van der Waals surface area contributed by atoms with E-state index in [1.807, 2.05) is 29.2 Å². The number of nitrogens with two attached hydrogens (primary N) is 1. The molecular weight excluding hydrogens is 432 g/mol. The number of benzene rings is 2. The molecule has 8 nitrogen and oxygen atoms in total. The standard InChI is InChI=1S/C26H24N4O4/c1-32-20-12-22(34-3)21(33-2)11-15(20)23-16(13-27)26-29-25(28)14-7-4-5-8-17(14)30(26)18-9-6-10-19(31)24(18)23/h4-5,7-8,11-12,23H,6,9-10H2,1-3H3,(H2,28,29). The van der Waals surface area contributed by atoms with Crippen molar-refractivity contribution in [1.29, 1.82) is 5.26 Å². The summed E-state index contributed by atoms with van der Waals surface area (Å²) in [5, 5.41) is 10.4. The second kappa shape index (κ2) is 8.27. The molecule has 0 radical (unpaired) electrons. The number of para-hydroxylation sites is 1. The van der Waals surface area contributed by atoms with E-state index in [0.717, 1.165) is 23.4 Å². The molecule has 0 fully saturated rings. The van der Waals surface area contributed by atoms with Crippen molar-refractivity contribution in [3.8, 4) is 23.3 Å². The van der Waals surface area contributed by atoms with Crippen LogP contribution in [-0.4, -0.2) is 32.9 Å². The number of hydrogen-bond acceptors (Lipinski definition) is 8. The van der Waals surface area contributed by atoms with Gasteiger partial charge in [-0.3, -0.25) is 9.69 Å². The van der Waals surface area contributed by atoms with Crippen molar-refractivity contribution in [2.45, 2.75) is 25.2 Å². The number of aliphatic imine (C=N–C) groups is 1. The minimum Gasteiger partial charge on any atom is -0.496 e. The molecule has 1 aliphatic carbocycles. The molecule has 0 saturated heterocycles. The van der Waals surface area contributed by atoms with E-state index in [2.05, 4.69) is 11.1 Å². The molecule has 0 aromatic heterocycles. The number of carbonyl (C=O) groups is 1. The van der Waals surface area contributed by atoms with Gasteiger partial charge in [0.15, 0.2) is 23.1 Å².